The van der Waals surface area contributed by atoms with Crippen molar-refractivity contribution in [3.05, 3.63) is 29.8 Å². The van der Waals surface area contributed by atoms with E-state index in [1.54, 1.807) is 6.92 Å². The van der Waals surface area contributed by atoms with Crippen LogP contribution in [0.25, 0.3) is 0 Å². The summed E-state index contributed by atoms with van der Waals surface area (Å²) in [7, 11) is 0. The van der Waals surface area contributed by atoms with Gasteiger partial charge in [-0.2, -0.15) is 74.6 Å². The van der Waals surface area contributed by atoms with Gasteiger partial charge in [0.1, 0.15) is 5.75 Å². The first-order valence-corrected chi connectivity index (χ1v) is 10.3. The van der Waals surface area contributed by atoms with Gasteiger partial charge in [0, 0.05) is 6.42 Å². The maximum Gasteiger partial charge on any atom is 0.460 e. The van der Waals surface area contributed by atoms with E-state index in [4.69, 9.17) is 4.74 Å². The number of aliphatic hydroxyl groups is 1. The standard InChI is InChI=1S/C20H17F17O2/c1-2-3-7-39-11-6-4-5-10(8-11)12(38)9-13(21,22)14(23,24)15(25,26)16(27,28)17(29,30)18(31,32)19(33,34)20(35,36)37/h4-6,8,12,38H,2-3,7,9H2,1H3. The van der Waals surface area contributed by atoms with Crippen molar-refractivity contribution in [3.63, 3.8) is 0 Å². The molecular formula is C20H17F17O2. The summed E-state index contributed by atoms with van der Waals surface area (Å²) in [6, 6.07) is 3.52. The smallest absolute Gasteiger partial charge is 0.460 e. The van der Waals surface area contributed by atoms with Gasteiger partial charge in [-0.3, -0.25) is 0 Å². The summed E-state index contributed by atoms with van der Waals surface area (Å²) in [4.78, 5) is 0. The van der Waals surface area contributed by atoms with Crippen molar-refractivity contribution in [1.82, 2.24) is 0 Å². The number of alkyl halides is 17. The van der Waals surface area contributed by atoms with Gasteiger partial charge in [0.2, 0.25) is 0 Å². The van der Waals surface area contributed by atoms with Gasteiger partial charge in [-0.05, 0) is 24.1 Å². The Morgan fingerprint density at radius 3 is 1.54 bits per heavy atom. The Hall–Kier alpha value is -2.21. The number of aliphatic hydroxyl groups excluding tert-OH is 1. The fraction of sp³-hybridized carbons (Fsp3) is 0.700. The normalized spacial score (nSPS) is 15.9. The second kappa shape index (κ2) is 10.6. The van der Waals surface area contributed by atoms with E-state index in [1.165, 1.54) is 0 Å². The largest absolute Gasteiger partial charge is 0.494 e. The van der Waals surface area contributed by atoms with Crippen LogP contribution in [0.15, 0.2) is 24.3 Å². The monoisotopic (exact) mass is 612 g/mol. The second-order valence-electron chi connectivity index (χ2n) is 8.14. The van der Waals surface area contributed by atoms with Crippen molar-refractivity contribution in [2.45, 2.75) is 79.9 Å². The van der Waals surface area contributed by atoms with E-state index >= 15 is 0 Å². The fourth-order valence-corrected chi connectivity index (χ4v) is 2.83. The van der Waals surface area contributed by atoms with Crippen LogP contribution in [0, 0.1) is 0 Å². The lowest BCUT2D eigenvalue weighted by atomic mass is 9.87. The zero-order valence-corrected chi connectivity index (χ0v) is 19.0. The summed E-state index contributed by atoms with van der Waals surface area (Å²) in [6.07, 6.45) is -12.7. The van der Waals surface area contributed by atoms with Crippen LogP contribution in [0.5, 0.6) is 5.75 Å². The van der Waals surface area contributed by atoms with Crippen LogP contribution in [-0.4, -0.2) is 59.3 Å². The molecule has 0 bridgehead atoms. The molecule has 1 atom stereocenters. The van der Waals surface area contributed by atoms with E-state index in [-0.39, 0.29) is 12.4 Å². The molecule has 0 fully saturated rings. The molecule has 1 N–H and O–H groups in total. The molecule has 0 radical (unpaired) electrons. The molecule has 0 saturated heterocycles. The summed E-state index contributed by atoms with van der Waals surface area (Å²) in [5.74, 6) is -57.2. The van der Waals surface area contributed by atoms with E-state index in [2.05, 4.69) is 0 Å². The predicted molar refractivity (Wildman–Crippen MR) is 97.1 cm³/mol. The van der Waals surface area contributed by atoms with Gasteiger partial charge in [0.05, 0.1) is 12.7 Å². The van der Waals surface area contributed by atoms with Gasteiger partial charge in [-0.15, -0.1) is 0 Å². The number of ether oxygens (including phenoxy) is 1. The molecule has 1 rings (SSSR count). The van der Waals surface area contributed by atoms with Crippen molar-refractivity contribution in [3.8, 4) is 5.75 Å². The van der Waals surface area contributed by atoms with Crippen molar-refractivity contribution < 1.29 is 84.5 Å². The molecule has 0 spiro atoms. The molecule has 0 aliphatic carbocycles. The van der Waals surface area contributed by atoms with E-state index in [1.807, 2.05) is 0 Å². The van der Waals surface area contributed by atoms with Crippen LogP contribution in [0.4, 0.5) is 74.6 Å². The molecule has 1 aromatic carbocycles. The maximum atomic E-state index is 14.1. The SMILES string of the molecule is CCCCOc1cccc(C(O)CC(F)(F)C(F)(F)C(F)(F)C(F)(F)C(F)(F)C(F)(F)C(F)(F)C(F)(F)F)c1. The van der Waals surface area contributed by atoms with Crippen LogP contribution < -0.4 is 4.74 Å². The average molecular weight is 612 g/mol. The third-order valence-corrected chi connectivity index (χ3v) is 5.25. The van der Waals surface area contributed by atoms with Gasteiger partial charge in [-0.1, -0.05) is 25.5 Å². The molecule has 228 valence electrons. The highest BCUT2D eigenvalue weighted by Gasteiger charge is 2.95. The highest BCUT2D eigenvalue weighted by atomic mass is 19.4. The maximum absolute atomic E-state index is 14.1. The van der Waals surface area contributed by atoms with Crippen molar-refractivity contribution in [1.29, 1.82) is 0 Å². The van der Waals surface area contributed by atoms with Crippen LogP contribution in [-0.2, 0) is 0 Å². The van der Waals surface area contributed by atoms with Gasteiger partial charge < -0.3 is 9.84 Å². The van der Waals surface area contributed by atoms with Crippen molar-refractivity contribution >= 4 is 0 Å². The molecule has 0 heterocycles. The zero-order chi connectivity index (χ0) is 31.1. The van der Waals surface area contributed by atoms with E-state index in [0.717, 1.165) is 12.1 Å². The van der Waals surface area contributed by atoms with Crippen LogP contribution >= 0.6 is 0 Å². The molecule has 1 unspecified atom stereocenters. The average Bonchev–Trinajstić information content (AvgIpc) is 2.77. The van der Waals surface area contributed by atoms with Crippen molar-refractivity contribution in [2.24, 2.45) is 0 Å². The molecule has 0 aliphatic heterocycles. The molecule has 0 saturated carbocycles. The first kappa shape index (κ1) is 34.8. The minimum atomic E-state index is -8.69. The van der Waals surface area contributed by atoms with E-state index < -0.39 is 65.7 Å². The minimum absolute atomic E-state index is 0.0117. The van der Waals surface area contributed by atoms with Crippen LogP contribution in [0.1, 0.15) is 37.9 Å². The van der Waals surface area contributed by atoms with Gasteiger partial charge in [0.25, 0.3) is 0 Å². The highest BCUT2D eigenvalue weighted by Crippen LogP contribution is 2.64. The third-order valence-electron chi connectivity index (χ3n) is 5.25. The van der Waals surface area contributed by atoms with E-state index in [9.17, 15) is 79.7 Å². The van der Waals surface area contributed by atoms with Crippen molar-refractivity contribution in [2.75, 3.05) is 6.61 Å². The Morgan fingerprint density at radius 2 is 1.10 bits per heavy atom. The lowest BCUT2D eigenvalue weighted by Gasteiger charge is -2.43. The summed E-state index contributed by atoms with van der Waals surface area (Å²) in [6.45, 7) is 1.74. The number of hydrogen-bond acceptors (Lipinski definition) is 2. The molecule has 39 heavy (non-hydrogen) atoms. The lowest BCUT2D eigenvalue weighted by molar-refractivity contribution is -0.462. The quantitative estimate of drug-likeness (QED) is 0.180. The summed E-state index contributed by atoms with van der Waals surface area (Å²) < 4.78 is 232. The fourth-order valence-electron chi connectivity index (χ4n) is 2.83. The Bertz CT molecular complexity index is 971. The summed E-state index contributed by atoms with van der Waals surface area (Å²) in [5.41, 5.74) is -0.795. The minimum Gasteiger partial charge on any atom is -0.494 e. The van der Waals surface area contributed by atoms with Gasteiger partial charge >= 0.3 is 47.6 Å². The predicted octanol–water partition coefficient (Wildman–Crippen LogP) is 8.30. The van der Waals surface area contributed by atoms with Gasteiger partial charge in [0.15, 0.2) is 0 Å². The molecular weight excluding hydrogens is 595 g/mol. The van der Waals surface area contributed by atoms with Gasteiger partial charge in [-0.25, -0.2) is 0 Å². The molecule has 1 aromatic rings. The highest BCUT2D eigenvalue weighted by molar-refractivity contribution is 5.30. The van der Waals surface area contributed by atoms with Crippen LogP contribution in [0.3, 0.4) is 0 Å². The number of rotatable bonds is 13. The number of hydrogen-bond donors (Lipinski definition) is 1. The first-order valence-electron chi connectivity index (χ1n) is 10.3. The second-order valence-corrected chi connectivity index (χ2v) is 8.14. The number of benzene rings is 1. The molecule has 19 heteroatoms. The summed E-state index contributed by atoms with van der Waals surface area (Å²) >= 11 is 0. The summed E-state index contributed by atoms with van der Waals surface area (Å²) in [5, 5.41) is 9.78. The Labute approximate surface area is 207 Å². The Morgan fingerprint density at radius 1 is 0.667 bits per heavy atom. The number of halogens is 17. The van der Waals surface area contributed by atoms with Crippen LogP contribution in [0.2, 0.25) is 0 Å². The zero-order valence-electron chi connectivity index (χ0n) is 19.0. The first-order chi connectivity index (χ1) is 17.2. The number of unbranched alkanes of at least 4 members (excludes halogenated alkanes) is 1. The Balaban J connectivity index is 3.43. The topological polar surface area (TPSA) is 29.5 Å². The third kappa shape index (κ3) is 5.68. The molecule has 0 aromatic heterocycles. The molecule has 0 amide bonds. The molecule has 2 nitrogen and oxygen atoms in total. The lowest BCUT2D eigenvalue weighted by Crippen LogP contribution is -2.74. The Kier molecular flexibility index (Phi) is 9.50. The molecule has 0 aliphatic rings. The van der Waals surface area contributed by atoms with E-state index in [0.29, 0.717) is 25.0 Å².